The molecule has 0 amide bonds. The zero-order chi connectivity index (χ0) is 13.5. The summed E-state index contributed by atoms with van der Waals surface area (Å²) in [7, 11) is -4.91. The summed E-state index contributed by atoms with van der Waals surface area (Å²) in [6.07, 6.45) is -1.05. The van der Waals surface area contributed by atoms with Crippen molar-refractivity contribution in [2.75, 3.05) is 26.4 Å². The fourth-order valence-electron chi connectivity index (χ4n) is 1.38. The van der Waals surface area contributed by atoms with E-state index in [-0.39, 0.29) is 0 Å². The Labute approximate surface area is 98.0 Å². The van der Waals surface area contributed by atoms with Crippen LogP contribution in [0.25, 0.3) is 0 Å². The molecule has 0 unspecified atom stereocenters. The molecule has 5 N–H and O–H groups in total. The molecule has 8 nitrogen and oxygen atoms in total. The van der Waals surface area contributed by atoms with Crippen molar-refractivity contribution in [2.45, 2.75) is 18.0 Å². The van der Waals surface area contributed by atoms with Gasteiger partial charge < -0.3 is 29.8 Å². The Bertz CT molecular complexity index is 279. The minimum Gasteiger partial charge on any atom is -0.462 e. The highest BCUT2D eigenvalue weighted by Crippen LogP contribution is 2.55. The average Bonchev–Trinajstić information content (AvgIpc) is 2.23. The van der Waals surface area contributed by atoms with Gasteiger partial charge >= 0.3 is 13.6 Å². The van der Waals surface area contributed by atoms with Gasteiger partial charge in [-0.05, 0) is 12.8 Å². The van der Waals surface area contributed by atoms with Crippen LogP contribution >= 0.6 is 7.60 Å². The van der Waals surface area contributed by atoms with Gasteiger partial charge in [0.25, 0.3) is 0 Å². The summed E-state index contributed by atoms with van der Waals surface area (Å²) in [4.78, 5) is 30.0. The van der Waals surface area contributed by atoms with Crippen LogP contribution in [0, 0.1) is 0 Å². The lowest BCUT2D eigenvalue weighted by Gasteiger charge is -2.30. The molecule has 102 valence electrons. The molecule has 0 fully saturated rings. The molecule has 0 bridgehead atoms. The molecule has 0 aliphatic heterocycles. The lowest BCUT2D eigenvalue weighted by atomic mass is 10.0. The molecule has 0 rings (SSSR count). The van der Waals surface area contributed by atoms with Crippen LogP contribution in [-0.2, 0) is 14.1 Å². The third-order valence-electron chi connectivity index (χ3n) is 2.31. The van der Waals surface area contributed by atoms with Gasteiger partial charge in [-0.15, -0.1) is 0 Å². The first-order chi connectivity index (χ1) is 7.85. The number of esters is 1. The quantitative estimate of drug-likeness (QED) is 0.257. The minimum absolute atomic E-state index is 0.405. The molecule has 9 heteroatoms. The zero-order valence-electron chi connectivity index (χ0n) is 9.15. The topological polar surface area (TPSA) is 145 Å². The van der Waals surface area contributed by atoms with Crippen LogP contribution in [0.1, 0.15) is 12.8 Å². The monoisotopic (exact) mass is 272 g/mol. The van der Waals surface area contributed by atoms with Gasteiger partial charge in [-0.3, -0.25) is 9.36 Å². The van der Waals surface area contributed by atoms with Crippen LogP contribution in [0.5, 0.6) is 0 Å². The van der Waals surface area contributed by atoms with E-state index in [0.29, 0.717) is 0 Å². The fourth-order valence-corrected chi connectivity index (χ4v) is 2.47. The molecular formula is C8H17O8P. The highest BCUT2D eigenvalue weighted by molar-refractivity contribution is 7.54. The molecule has 0 aromatic rings. The van der Waals surface area contributed by atoms with Crippen LogP contribution < -0.4 is 0 Å². The van der Waals surface area contributed by atoms with Crippen molar-refractivity contribution in [1.29, 1.82) is 0 Å². The largest absolute Gasteiger partial charge is 0.462 e. The van der Waals surface area contributed by atoms with Gasteiger partial charge in [-0.25, -0.2) is 0 Å². The Balaban J connectivity index is 5.16. The Morgan fingerprint density at radius 1 is 1.06 bits per heavy atom. The van der Waals surface area contributed by atoms with E-state index in [0.717, 1.165) is 0 Å². The molecule has 0 heterocycles. The number of hydrogen-bond donors (Lipinski definition) is 5. The van der Waals surface area contributed by atoms with Crippen LogP contribution in [-0.4, -0.2) is 62.7 Å². The Hall–Kier alpha value is -0.500. The smallest absolute Gasteiger partial charge is 0.343 e. The average molecular weight is 272 g/mol. The maximum Gasteiger partial charge on any atom is 0.343 e. The lowest BCUT2D eigenvalue weighted by Crippen LogP contribution is -2.42. The predicted octanol–water partition coefficient (Wildman–Crippen LogP) is -1.80. The normalized spacial score (nSPS) is 12.5. The summed E-state index contributed by atoms with van der Waals surface area (Å²) < 4.78 is 15.8. The molecular weight excluding hydrogens is 255 g/mol. The molecule has 0 aliphatic rings. The highest BCUT2D eigenvalue weighted by Gasteiger charge is 2.53. The van der Waals surface area contributed by atoms with Crippen LogP contribution in [0.2, 0.25) is 0 Å². The highest BCUT2D eigenvalue weighted by atomic mass is 31.2. The van der Waals surface area contributed by atoms with Crippen molar-refractivity contribution in [1.82, 2.24) is 0 Å². The molecule has 0 aliphatic carbocycles. The van der Waals surface area contributed by atoms with Crippen LogP contribution in [0.3, 0.4) is 0 Å². The number of ether oxygens (including phenoxy) is 1. The maximum atomic E-state index is 11.6. The number of rotatable bonds is 8. The molecule has 0 atom stereocenters. The second-order valence-electron chi connectivity index (χ2n) is 3.38. The van der Waals surface area contributed by atoms with E-state index >= 15 is 0 Å². The van der Waals surface area contributed by atoms with Gasteiger partial charge in [-0.2, -0.15) is 0 Å². The van der Waals surface area contributed by atoms with E-state index in [1.165, 1.54) is 0 Å². The van der Waals surface area contributed by atoms with Gasteiger partial charge in [0.1, 0.15) is 6.61 Å². The summed E-state index contributed by atoms with van der Waals surface area (Å²) in [5, 5.41) is 23.8. The standard InChI is InChI=1S/C8H17O8P/c9-3-1-8(2-4-10,17(13,14)15)7(12)16-6-5-11/h9-11H,1-6H2,(H2,13,14,15). The minimum atomic E-state index is -4.91. The molecule has 0 aromatic carbocycles. The van der Waals surface area contributed by atoms with Crippen molar-refractivity contribution < 1.29 is 39.2 Å². The second-order valence-corrected chi connectivity index (χ2v) is 5.33. The van der Waals surface area contributed by atoms with Gasteiger partial charge in [-0.1, -0.05) is 0 Å². The molecule has 0 saturated carbocycles. The molecule has 0 spiro atoms. The Kier molecular flexibility index (Phi) is 6.84. The summed E-state index contributed by atoms with van der Waals surface area (Å²) in [6.45, 7) is -2.17. The van der Waals surface area contributed by atoms with E-state index in [2.05, 4.69) is 4.74 Å². The van der Waals surface area contributed by atoms with E-state index in [4.69, 9.17) is 15.3 Å². The summed E-state index contributed by atoms with van der Waals surface area (Å²) in [6, 6.07) is 0. The van der Waals surface area contributed by atoms with E-state index in [1.807, 2.05) is 0 Å². The van der Waals surface area contributed by atoms with Crippen LogP contribution in [0.4, 0.5) is 0 Å². The number of carbonyl (C=O) groups excluding carboxylic acids is 1. The number of hydrogen-bond acceptors (Lipinski definition) is 6. The molecule has 0 radical (unpaired) electrons. The first-order valence-corrected chi connectivity index (χ1v) is 6.52. The van der Waals surface area contributed by atoms with Crippen molar-refractivity contribution >= 4 is 13.6 Å². The number of aliphatic hydroxyl groups excluding tert-OH is 3. The van der Waals surface area contributed by atoms with Crippen molar-refractivity contribution in [3.8, 4) is 0 Å². The number of carbonyl (C=O) groups is 1. The third-order valence-corrected chi connectivity index (χ3v) is 4.06. The third kappa shape index (κ3) is 4.02. The fraction of sp³-hybridized carbons (Fsp3) is 0.875. The zero-order valence-corrected chi connectivity index (χ0v) is 10.0. The van der Waals surface area contributed by atoms with Gasteiger partial charge in [0.15, 0.2) is 5.16 Å². The van der Waals surface area contributed by atoms with E-state index < -0.39 is 58.0 Å². The SMILES string of the molecule is O=C(OCCO)C(CCO)(CCO)P(=O)(O)O. The molecule has 17 heavy (non-hydrogen) atoms. The van der Waals surface area contributed by atoms with Crippen molar-refractivity contribution in [3.63, 3.8) is 0 Å². The Morgan fingerprint density at radius 2 is 1.53 bits per heavy atom. The Morgan fingerprint density at radius 3 is 1.82 bits per heavy atom. The van der Waals surface area contributed by atoms with Gasteiger partial charge in [0, 0.05) is 13.2 Å². The van der Waals surface area contributed by atoms with Gasteiger partial charge in [0.05, 0.1) is 6.61 Å². The van der Waals surface area contributed by atoms with Crippen molar-refractivity contribution in [2.24, 2.45) is 0 Å². The van der Waals surface area contributed by atoms with E-state index in [1.54, 1.807) is 0 Å². The summed E-state index contributed by atoms with van der Waals surface area (Å²) in [5.74, 6) is -1.23. The summed E-state index contributed by atoms with van der Waals surface area (Å²) >= 11 is 0. The summed E-state index contributed by atoms with van der Waals surface area (Å²) in [5.41, 5.74) is 0. The first kappa shape index (κ1) is 16.5. The van der Waals surface area contributed by atoms with E-state index in [9.17, 15) is 19.1 Å². The van der Waals surface area contributed by atoms with Crippen LogP contribution in [0.15, 0.2) is 0 Å². The lowest BCUT2D eigenvalue weighted by molar-refractivity contribution is -0.149. The van der Waals surface area contributed by atoms with Gasteiger partial charge in [0.2, 0.25) is 0 Å². The molecule has 0 saturated heterocycles. The first-order valence-electron chi connectivity index (χ1n) is 4.91. The second kappa shape index (κ2) is 7.05. The predicted molar refractivity (Wildman–Crippen MR) is 56.2 cm³/mol. The molecule has 0 aromatic heterocycles. The number of aliphatic hydroxyl groups is 3. The maximum absolute atomic E-state index is 11.6. The van der Waals surface area contributed by atoms with Crippen molar-refractivity contribution in [3.05, 3.63) is 0 Å².